The van der Waals surface area contributed by atoms with Gasteiger partial charge in [-0.05, 0) is 81.2 Å². The Hall–Kier alpha value is -5.01. The van der Waals surface area contributed by atoms with E-state index < -0.39 is 119 Å². The van der Waals surface area contributed by atoms with E-state index in [9.17, 15) is 34.8 Å². The summed E-state index contributed by atoms with van der Waals surface area (Å²) in [7, 11) is 0. The molecule has 3 aliphatic carbocycles. The Morgan fingerprint density at radius 2 is 1.45 bits per heavy atom. The van der Waals surface area contributed by atoms with Gasteiger partial charge < -0.3 is 58.9 Å². The Balaban J connectivity index is 1.06. The number of fused-ring (bicyclic) bond motifs is 5. The van der Waals surface area contributed by atoms with E-state index in [0.29, 0.717) is 12.0 Å². The highest BCUT2D eigenvalue weighted by molar-refractivity contribution is 5.96. The Bertz CT molecular complexity index is 2390. The van der Waals surface area contributed by atoms with Crippen molar-refractivity contribution in [2.24, 2.45) is 16.7 Å². The molecule has 7 rings (SSSR count). The first kappa shape index (κ1) is 59.6. The summed E-state index contributed by atoms with van der Waals surface area (Å²) >= 11 is 0. The van der Waals surface area contributed by atoms with Gasteiger partial charge in [0.25, 0.3) is 5.91 Å². The summed E-state index contributed by atoms with van der Waals surface area (Å²) in [5.41, 5.74) is -7.16. The van der Waals surface area contributed by atoms with E-state index >= 15 is 9.59 Å². The molecule has 0 aromatic heterocycles. The predicted octanol–water partition coefficient (Wildman–Crippen LogP) is 8.24. The molecule has 2 bridgehead atoms. The lowest BCUT2D eigenvalue weighted by Gasteiger charge is -2.66. The molecule has 2 aromatic rings. The van der Waals surface area contributed by atoms with Crippen molar-refractivity contribution >= 4 is 29.8 Å². The highest BCUT2D eigenvalue weighted by Gasteiger charge is 2.75. The second-order valence-corrected chi connectivity index (χ2v) is 22.6. The molecule has 0 radical (unpaired) electrons. The van der Waals surface area contributed by atoms with Gasteiger partial charge in [0.15, 0.2) is 18.2 Å². The maximum Gasteiger partial charge on any atom is 0.509 e. The fraction of sp³-hybridized carbons (Fsp3) is 0.650. The molecular weight excluding hydrogens is 991 g/mol. The number of amides is 1. The average Bonchev–Trinajstić information content (AvgIpc) is 3.94. The summed E-state index contributed by atoms with van der Waals surface area (Å²) in [4.78, 5) is 70.9. The minimum atomic E-state index is -2.37. The number of ketones is 1. The van der Waals surface area contributed by atoms with Crippen molar-refractivity contribution in [3.8, 4) is 0 Å². The van der Waals surface area contributed by atoms with E-state index in [1.54, 1.807) is 74.5 Å². The maximum absolute atomic E-state index is 15.1. The van der Waals surface area contributed by atoms with Crippen molar-refractivity contribution in [3.05, 3.63) is 95.1 Å². The largest absolute Gasteiger partial charge is 0.509 e. The van der Waals surface area contributed by atoms with Gasteiger partial charge in [-0.25, -0.2) is 9.59 Å². The molecule has 17 nitrogen and oxygen atoms in total. The van der Waals surface area contributed by atoms with Gasteiger partial charge in [0, 0.05) is 36.7 Å². The molecule has 0 spiro atoms. The average molecular weight is 1070 g/mol. The van der Waals surface area contributed by atoms with Crippen LogP contribution in [-0.4, -0.2) is 130 Å². The molecule has 2 heterocycles. The van der Waals surface area contributed by atoms with Gasteiger partial charge in [0.1, 0.15) is 36.1 Å². The standard InChI is InChI=1S/C60H83NO16/c1-7-8-9-10-11-12-13-14-15-16-17-18-19-20-27-32-46-71-35-42(75-46)36-72-56(68)77-50(48(40-28-23-21-24-29-40)61-54(66)41-30-25-22-26-31-41)55(67)76-43-34-60(70)53(65)51-58(6,44(63)33-45-59(51,69)37-73-45)52(64)49(74-39(3)62)47(38(43)2)57(60,4)5/h14-15,21-26,28-31,42-46,48-51,53,63,65,69-70H,7-13,16-20,27,32-37H2,1-6H3,(H,61,66)/b15-14-/t42-,43+,44+,45-,46-,48+,49-,50-,51?,53+,58-,59+,60-/m1/s1. The Morgan fingerprint density at radius 3 is 2.08 bits per heavy atom. The van der Waals surface area contributed by atoms with Crippen molar-refractivity contribution in [3.63, 3.8) is 0 Å². The van der Waals surface area contributed by atoms with Crippen LogP contribution in [0.25, 0.3) is 0 Å². The number of nitrogens with one attached hydrogen (secondary N) is 1. The Labute approximate surface area is 453 Å². The predicted molar refractivity (Wildman–Crippen MR) is 283 cm³/mol. The lowest BCUT2D eigenvalue weighted by atomic mass is 9.45. The number of Topliss-reactive ketones (excluding diaryl/α,β-unsaturated/α-hetero) is 1. The Kier molecular flexibility index (Phi) is 20.4. The minimum Gasteiger partial charge on any atom is -0.455 e. The number of carbonyl (C=O) groups excluding carboxylic acids is 5. The number of allylic oxidation sites excluding steroid dienone is 2. The van der Waals surface area contributed by atoms with Crippen LogP contribution in [0.4, 0.5) is 4.79 Å². The summed E-state index contributed by atoms with van der Waals surface area (Å²) in [5, 5.41) is 52.4. The van der Waals surface area contributed by atoms with Crippen molar-refractivity contribution in [2.75, 3.05) is 19.8 Å². The summed E-state index contributed by atoms with van der Waals surface area (Å²) in [5.74, 6) is -5.14. The molecule has 1 amide bonds. The van der Waals surface area contributed by atoms with E-state index in [1.807, 2.05) is 0 Å². The summed E-state index contributed by atoms with van der Waals surface area (Å²) in [6.45, 7) is 8.86. The van der Waals surface area contributed by atoms with Crippen molar-refractivity contribution in [2.45, 2.75) is 211 Å². The number of carbonyl (C=O) groups is 5. The topological polar surface area (TPSA) is 243 Å². The van der Waals surface area contributed by atoms with E-state index in [0.717, 1.165) is 51.9 Å². The van der Waals surface area contributed by atoms with E-state index in [-0.39, 0.29) is 43.0 Å². The minimum absolute atomic E-state index is 0.00245. The summed E-state index contributed by atoms with van der Waals surface area (Å²) in [6, 6.07) is 15.0. The number of aliphatic hydroxyl groups excluding tert-OH is 2. The zero-order chi connectivity index (χ0) is 55.5. The van der Waals surface area contributed by atoms with Gasteiger partial charge in [-0.3, -0.25) is 14.4 Å². The Morgan fingerprint density at radius 1 is 0.831 bits per heavy atom. The first-order valence-electron chi connectivity index (χ1n) is 28.0. The zero-order valence-electron chi connectivity index (χ0n) is 45.8. The number of benzene rings is 2. The fourth-order valence-corrected chi connectivity index (χ4v) is 12.4. The van der Waals surface area contributed by atoms with Crippen molar-refractivity contribution in [1.82, 2.24) is 5.32 Å². The van der Waals surface area contributed by atoms with Gasteiger partial charge >= 0.3 is 18.1 Å². The van der Waals surface area contributed by atoms with Crippen LogP contribution in [-0.2, 0) is 47.5 Å². The normalized spacial score (nSPS) is 31.2. The third kappa shape index (κ3) is 13.2. The quantitative estimate of drug-likeness (QED) is 0.0272. The van der Waals surface area contributed by atoms with Crippen LogP contribution < -0.4 is 5.32 Å². The van der Waals surface area contributed by atoms with Crippen LogP contribution in [0.3, 0.4) is 0 Å². The smallest absolute Gasteiger partial charge is 0.455 e. The van der Waals surface area contributed by atoms with Crippen molar-refractivity contribution < 1.29 is 77.6 Å². The molecule has 2 aromatic carbocycles. The molecule has 17 heteroatoms. The van der Waals surface area contributed by atoms with Gasteiger partial charge in [0.2, 0.25) is 6.10 Å². The number of ether oxygens (including phenoxy) is 7. The molecule has 2 saturated heterocycles. The third-order valence-corrected chi connectivity index (χ3v) is 17.1. The lowest BCUT2D eigenvalue weighted by molar-refractivity contribution is -0.344. The molecule has 5 aliphatic rings. The molecule has 2 aliphatic heterocycles. The van der Waals surface area contributed by atoms with E-state index in [4.69, 9.17) is 33.2 Å². The van der Waals surface area contributed by atoms with Crippen LogP contribution in [0.5, 0.6) is 0 Å². The molecule has 77 heavy (non-hydrogen) atoms. The molecule has 424 valence electrons. The molecule has 4 fully saturated rings. The first-order chi connectivity index (χ1) is 36.8. The number of hydrogen-bond donors (Lipinski definition) is 5. The highest BCUT2D eigenvalue weighted by atomic mass is 16.8. The van der Waals surface area contributed by atoms with Crippen LogP contribution in [0.2, 0.25) is 0 Å². The van der Waals surface area contributed by atoms with Gasteiger partial charge in [-0.2, -0.15) is 0 Å². The monoisotopic (exact) mass is 1070 g/mol. The van der Waals surface area contributed by atoms with Crippen LogP contribution >= 0.6 is 0 Å². The SMILES string of the molecule is CCCCCCCC/C=C\CCCCCCC[C@@H]1OC[C@H](COC(=O)O[C@@H](C(=O)O[C@H]2C[C@@]3(O)[C@@H](O)C4[C@]5(O)CO[C@@H]5C[C@H](O)[C@@]4(C)C(=O)[C@H](OC(C)=O)C(=C2C)C3(C)C)[C@@H](NC(=O)c2ccccc2)c2ccccc2)O1. The second-order valence-electron chi connectivity index (χ2n) is 22.6. The van der Waals surface area contributed by atoms with Crippen LogP contribution in [0.15, 0.2) is 84.0 Å². The van der Waals surface area contributed by atoms with Gasteiger partial charge in [-0.15, -0.1) is 0 Å². The maximum atomic E-state index is 15.1. The van der Waals surface area contributed by atoms with Gasteiger partial charge in [-0.1, -0.05) is 133 Å². The van der Waals surface area contributed by atoms with Gasteiger partial charge in [0.05, 0.1) is 36.9 Å². The highest BCUT2D eigenvalue weighted by Crippen LogP contribution is 2.63. The molecule has 5 N–H and O–H groups in total. The fourth-order valence-electron chi connectivity index (χ4n) is 12.4. The summed E-state index contributed by atoms with van der Waals surface area (Å²) < 4.78 is 41.1. The summed E-state index contributed by atoms with van der Waals surface area (Å²) in [6.07, 6.45) is 7.83. The molecule has 13 atom stereocenters. The lowest BCUT2D eigenvalue weighted by Crippen LogP contribution is -2.80. The van der Waals surface area contributed by atoms with E-state index in [2.05, 4.69) is 24.4 Å². The number of unbranched alkanes of at least 4 members (excludes halogenated alkanes) is 11. The molecule has 1 unspecified atom stereocenters. The van der Waals surface area contributed by atoms with E-state index in [1.165, 1.54) is 52.4 Å². The number of esters is 2. The number of hydrogen-bond acceptors (Lipinski definition) is 16. The van der Waals surface area contributed by atoms with Crippen LogP contribution in [0.1, 0.15) is 166 Å². The second kappa shape index (κ2) is 26.3. The first-order valence-corrected chi connectivity index (χ1v) is 28.0. The third-order valence-electron chi connectivity index (χ3n) is 17.1. The van der Waals surface area contributed by atoms with Crippen molar-refractivity contribution in [1.29, 1.82) is 0 Å². The molecular formula is C60H83NO16. The number of aliphatic hydroxyl groups is 4. The molecule has 2 saturated carbocycles. The van der Waals surface area contributed by atoms with Crippen LogP contribution in [0, 0.1) is 16.7 Å². The number of rotatable bonds is 25. The zero-order valence-corrected chi connectivity index (χ0v) is 45.8.